The van der Waals surface area contributed by atoms with Gasteiger partial charge < -0.3 is 14.5 Å². The van der Waals surface area contributed by atoms with Gasteiger partial charge in [0.15, 0.2) is 5.82 Å². The number of aliphatic imine (C=N–C) groups is 2. The van der Waals surface area contributed by atoms with Crippen LogP contribution in [0.25, 0.3) is 0 Å². The number of nitrogens with zero attached hydrogens (tertiary/aromatic N) is 4. The zero-order valence-corrected chi connectivity index (χ0v) is 18.8. The Morgan fingerprint density at radius 3 is 2.50 bits per heavy atom. The molecule has 2 aliphatic heterocycles. The lowest BCUT2D eigenvalue weighted by atomic mass is 10.2. The highest BCUT2D eigenvalue weighted by atomic mass is 79.9. The highest BCUT2D eigenvalue weighted by molar-refractivity contribution is 9.10. The van der Waals surface area contributed by atoms with E-state index in [0.29, 0.717) is 37.6 Å². The molecule has 1 saturated heterocycles. The smallest absolute Gasteiger partial charge is 0.410 e. The van der Waals surface area contributed by atoms with Crippen LogP contribution in [0.4, 0.5) is 14.9 Å². The third-order valence-corrected chi connectivity index (χ3v) is 5.88. The monoisotopic (exact) mass is 492 g/mol. The Morgan fingerprint density at radius 2 is 1.89 bits per heavy atom. The third kappa shape index (κ3) is 4.60. The number of ether oxygens (including phenoxy) is 1. The minimum Gasteiger partial charge on any atom is -0.444 e. The maximum atomic E-state index is 14.7. The molecule has 0 unspecified atom stereocenters. The van der Waals surface area contributed by atoms with Gasteiger partial charge in [0, 0.05) is 31.7 Å². The quantitative estimate of drug-likeness (QED) is 0.486. The van der Waals surface area contributed by atoms with Crippen LogP contribution in [0.1, 0.15) is 26.3 Å². The van der Waals surface area contributed by atoms with Crippen molar-refractivity contribution in [3.05, 3.63) is 26.9 Å². The van der Waals surface area contributed by atoms with Gasteiger partial charge in [0.05, 0.1) is 16.0 Å². The Kier molecular flexibility index (Phi) is 6.22. The fourth-order valence-electron chi connectivity index (χ4n) is 2.89. The van der Waals surface area contributed by atoms with Gasteiger partial charge in [-0.2, -0.15) is 0 Å². The Labute approximate surface area is 181 Å². The SMILES string of the molecule is CC(C)(C)OC(=O)N1CCN(C2=Nc3c(cc(Cl)c(Br)c3F)C(Cl)=NC2)CC1. The lowest BCUT2D eigenvalue weighted by Crippen LogP contribution is -2.52. The number of rotatable bonds is 0. The van der Waals surface area contributed by atoms with Crippen LogP contribution in [0.2, 0.25) is 5.02 Å². The van der Waals surface area contributed by atoms with Crippen molar-refractivity contribution in [2.45, 2.75) is 26.4 Å². The molecule has 10 heteroatoms. The first-order valence-electron chi connectivity index (χ1n) is 8.75. The summed E-state index contributed by atoms with van der Waals surface area (Å²) in [6.07, 6.45) is -0.342. The van der Waals surface area contributed by atoms with Gasteiger partial charge in [-0.15, -0.1) is 0 Å². The van der Waals surface area contributed by atoms with Crippen LogP contribution in [-0.4, -0.2) is 65.2 Å². The first-order chi connectivity index (χ1) is 13.1. The lowest BCUT2D eigenvalue weighted by molar-refractivity contribution is 0.0186. The topological polar surface area (TPSA) is 57.5 Å². The first kappa shape index (κ1) is 21.3. The Morgan fingerprint density at radius 1 is 1.25 bits per heavy atom. The van der Waals surface area contributed by atoms with E-state index in [1.54, 1.807) is 11.0 Å². The van der Waals surface area contributed by atoms with E-state index in [9.17, 15) is 9.18 Å². The van der Waals surface area contributed by atoms with Crippen molar-refractivity contribution in [2.75, 3.05) is 32.7 Å². The maximum absolute atomic E-state index is 14.7. The van der Waals surface area contributed by atoms with Crippen LogP contribution in [0.5, 0.6) is 0 Å². The molecule has 0 bridgehead atoms. The van der Waals surface area contributed by atoms with E-state index in [1.807, 2.05) is 25.7 Å². The molecule has 1 aromatic carbocycles. The van der Waals surface area contributed by atoms with E-state index >= 15 is 0 Å². The highest BCUT2D eigenvalue weighted by Crippen LogP contribution is 2.37. The summed E-state index contributed by atoms with van der Waals surface area (Å²) in [6.45, 7) is 7.75. The normalized spacial score (nSPS) is 17.5. The summed E-state index contributed by atoms with van der Waals surface area (Å²) in [5.74, 6) is 0.0107. The van der Waals surface area contributed by atoms with Crippen LogP contribution in [0, 0.1) is 5.82 Å². The van der Waals surface area contributed by atoms with Gasteiger partial charge in [-0.1, -0.05) is 23.2 Å². The van der Waals surface area contributed by atoms with Crippen LogP contribution >= 0.6 is 39.1 Å². The van der Waals surface area contributed by atoms with Crippen molar-refractivity contribution in [3.8, 4) is 0 Å². The van der Waals surface area contributed by atoms with E-state index in [4.69, 9.17) is 27.9 Å². The van der Waals surface area contributed by atoms with Crippen molar-refractivity contribution in [1.82, 2.24) is 9.80 Å². The van der Waals surface area contributed by atoms with Gasteiger partial charge in [-0.05, 0) is 42.8 Å². The van der Waals surface area contributed by atoms with E-state index in [2.05, 4.69) is 25.9 Å². The van der Waals surface area contributed by atoms with Gasteiger partial charge in [-0.3, -0.25) is 4.99 Å². The van der Waals surface area contributed by atoms with Gasteiger partial charge in [0.2, 0.25) is 0 Å². The molecule has 0 spiro atoms. The number of halogens is 4. The van der Waals surface area contributed by atoms with Crippen molar-refractivity contribution in [1.29, 1.82) is 0 Å². The van der Waals surface area contributed by atoms with Crippen molar-refractivity contribution in [2.24, 2.45) is 9.98 Å². The average Bonchev–Trinajstić information content (AvgIpc) is 2.78. The Balaban J connectivity index is 1.79. The maximum Gasteiger partial charge on any atom is 0.410 e. The number of fused-ring (bicyclic) bond motifs is 1. The minimum atomic E-state index is -0.581. The van der Waals surface area contributed by atoms with Gasteiger partial charge in [0.25, 0.3) is 0 Å². The standard InChI is InChI=1S/C18H20BrCl2FN4O2/c1-18(2,3)28-17(27)26-6-4-25(5-7-26)12-9-23-16(21)10-8-11(20)13(19)14(22)15(10)24-12/h8H,4-7,9H2,1-3H3. The molecule has 0 radical (unpaired) electrons. The fourth-order valence-corrected chi connectivity index (χ4v) is 3.58. The molecule has 1 aromatic rings. The predicted molar refractivity (Wildman–Crippen MR) is 113 cm³/mol. The van der Waals surface area contributed by atoms with Crippen LogP contribution < -0.4 is 0 Å². The number of hydrogen-bond acceptors (Lipinski definition) is 5. The fraction of sp³-hybridized carbons (Fsp3) is 0.500. The van der Waals surface area contributed by atoms with Crippen LogP contribution in [0.3, 0.4) is 0 Å². The van der Waals surface area contributed by atoms with Gasteiger partial charge in [-0.25, -0.2) is 14.2 Å². The number of hydrogen-bond donors (Lipinski definition) is 0. The van der Waals surface area contributed by atoms with Crippen molar-refractivity contribution < 1.29 is 13.9 Å². The molecule has 2 aliphatic rings. The molecule has 1 amide bonds. The first-order valence-corrected chi connectivity index (χ1v) is 10.3. The second kappa shape index (κ2) is 8.16. The Hall–Kier alpha value is -1.38. The molecule has 3 rings (SSSR count). The summed E-state index contributed by atoms with van der Waals surface area (Å²) in [5.41, 5.74) is -0.0807. The summed E-state index contributed by atoms with van der Waals surface area (Å²) in [7, 11) is 0. The molecule has 1 fully saturated rings. The van der Waals surface area contributed by atoms with E-state index in [-0.39, 0.29) is 33.0 Å². The summed E-state index contributed by atoms with van der Waals surface area (Å²) in [4.78, 5) is 24.6. The molecule has 6 nitrogen and oxygen atoms in total. The summed E-state index contributed by atoms with van der Waals surface area (Å²) >= 11 is 15.4. The van der Waals surface area contributed by atoms with E-state index < -0.39 is 11.4 Å². The largest absolute Gasteiger partial charge is 0.444 e. The Bertz CT molecular complexity index is 862. The summed E-state index contributed by atoms with van der Waals surface area (Å²) < 4.78 is 20.3. The summed E-state index contributed by atoms with van der Waals surface area (Å²) in [6, 6.07) is 1.54. The second-order valence-corrected chi connectivity index (χ2v) is 9.03. The molecule has 0 atom stereocenters. The number of benzene rings is 1. The molecular formula is C18H20BrCl2FN4O2. The zero-order chi connectivity index (χ0) is 20.6. The number of piperazine rings is 1. The van der Waals surface area contributed by atoms with Crippen LogP contribution in [-0.2, 0) is 4.74 Å². The zero-order valence-electron chi connectivity index (χ0n) is 15.7. The molecule has 0 aromatic heterocycles. The second-order valence-electron chi connectivity index (χ2n) is 7.47. The lowest BCUT2D eigenvalue weighted by Gasteiger charge is -2.36. The minimum absolute atomic E-state index is 0.104. The number of carbonyl (C=O) groups excluding carboxylic acids is 1. The van der Waals surface area contributed by atoms with E-state index in [1.165, 1.54) is 0 Å². The summed E-state index contributed by atoms with van der Waals surface area (Å²) in [5, 5.41) is 0.365. The molecule has 0 aliphatic carbocycles. The highest BCUT2D eigenvalue weighted by Gasteiger charge is 2.28. The number of amidine groups is 1. The van der Waals surface area contributed by atoms with Crippen molar-refractivity contribution >= 4 is 61.9 Å². The van der Waals surface area contributed by atoms with Crippen LogP contribution in [0.15, 0.2) is 20.5 Å². The predicted octanol–water partition coefficient (Wildman–Crippen LogP) is 4.82. The van der Waals surface area contributed by atoms with Gasteiger partial charge >= 0.3 is 6.09 Å². The molecule has 152 valence electrons. The molecule has 0 saturated carbocycles. The molecule has 0 N–H and O–H groups in total. The average molecular weight is 494 g/mol. The number of amides is 1. The van der Waals surface area contributed by atoms with Gasteiger partial charge in [0.1, 0.15) is 22.3 Å². The molecular weight excluding hydrogens is 474 g/mol. The molecule has 2 heterocycles. The third-order valence-electron chi connectivity index (χ3n) is 4.26. The van der Waals surface area contributed by atoms with Crippen molar-refractivity contribution in [3.63, 3.8) is 0 Å². The number of carbonyl (C=O) groups is 1. The molecule has 28 heavy (non-hydrogen) atoms. The van der Waals surface area contributed by atoms with E-state index in [0.717, 1.165) is 0 Å².